The Bertz CT molecular complexity index is 425. The fourth-order valence-electron chi connectivity index (χ4n) is 2.72. The molecule has 0 saturated heterocycles. The molecule has 1 aromatic heterocycles. The Kier molecular flexibility index (Phi) is 4.04. The Morgan fingerprint density at radius 1 is 1.44 bits per heavy atom. The first kappa shape index (κ1) is 13.1. The minimum atomic E-state index is -0.0238. The number of carbonyl (C=O) groups is 1. The molecule has 1 heterocycles. The van der Waals surface area contributed by atoms with Gasteiger partial charge in [-0.3, -0.25) is 4.79 Å². The van der Waals surface area contributed by atoms with Crippen LogP contribution in [0, 0.1) is 12.8 Å². The Labute approximate surface area is 108 Å². The highest BCUT2D eigenvalue weighted by Crippen LogP contribution is 2.24. The molecule has 2 rings (SSSR count). The summed E-state index contributed by atoms with van der Waals surface area (Å²) in [7, 11) is 0. The Hall–Kier alpha value is -1.32. The van der Waals surface area contributed by atoms with Crippen LogP contribution in [0.3, 0.4) is 0 Å². The third kappa shape index (κ3) is 2.57. The highest BCUT2D eigenvalue weighted by Gasteiger charge is 2.26. The zero-order valence-electron chi connectivity index (χ0n) is 11.5. The highest BCUT2D eigenvalue weighted by atomic mass is 16.5. The molecule has 0 radical (unpaired) electrons. The van der Waals surface area contributed by atoms with E-state index >= 15 is 0 Å². The number of nitrogens with one attached hydrogen (secondary N) is 1. The molecule has 0 aromatic carbocycles. The van der Waals surface area contributed by atoms with Crippen LogP contribution in [-0.2, 0) is 6.42 Å². The summed E-state index contributed by atoms with van der Waals surface area (Å²) in [4.78, 5) is 12.3. The van der Waals surface area contributed by atoms with Crippen molar-refractivity contribution in [1.29, 1.82) is 0 Å². The predicted octanol–water partition coefficient (Wildman–Crippen LogP) is 2.85. The maximum atomic E-state index is 12.3. The molecule has 100 valence electrons. The third-order valence-electron chi connectivity index (χ3n) is 3.92. The summed E-state index contributed by atoms with van der Waals surface area (Å²) in [6.45, 7) is 5.99. The first-order valence-corrected chi connectivity index (χ1v) is 6.89. The lowest BCUT2D eigenvalue weighted by molar-refractivity contribution is 0.0908. The van der Waals surface area contributed by atoms with Gasteiger partial charge in [-0.05, 0) is 32.1 Å². The number of aromatic nitrogens is 1. The van der Waals surface area contributed by atoms with E-state index in [-0.39, 0.29) is 5.91 Å². The van der Waals surface area contributed by atoms with Crippen molar-refractivity contribution in [3.63, 3.8) is 0 Å². The smallest absolute Gasteiger partial charge is 0.257 e. The van der Waals surface area contributed by atoms with Crippen LogP contribution in [0.2, 0.25) is 0 Å². The van der Waals surface area contributed by atoms with Gasteiger partial charge < -0.3 is 9.84 Å². The van der Waals surface area contributed by atoms with Crippen LogP contribution in [-0.4, -0.2) is 17.1 Å². The first-order chi connectivity index (χ1) is 8.63. The van der Waals surface area contributed by atoms with Crippen LogP contribution in [0.5, 0.6) is 0 Å². The van der Waals surface area contributed by atoms with Crippen LogP contribution in [0.15, 0.2) is 4.52 Å². The van der Waals surface area contributed by atoms with Crippen molar-refractivity contribution in [1.82, 2.24) is 10.5 Å². The van der Waals surface area contributed by atoms with Crippen LogP contribution in [0.4, 0.5) is 0 Å². The summed E-state index contributed by atoms with van der Waals surface area (Å²) < 4.78 is 5.11. The number of amides is 1. The van der Waals surface area contributed by atoms with E-state index in [1.807, 2.05) is 6.92 Å². The molecule has 4 heteroatoms. The van der Waals surface area contributed by atoms with Crippen molar-refractivity contribution in [2.75, 3.05) is 0 Å². The van der Waals surface area contributed by atoms with Crippen molar-refractivity contribution >= 4 is 5.91 Å². The van der Waals surface area contributed by atoms with Gasteiger partial charge in [0.2, 0.25) is 0 Å². The summed E-state index contributed by atoms with van der Waals surface area (Å²) in [6.07, 6.45) is 5.49. The van der Waals surface area contributed by atoms with Gasteiger partial charge in [0.05, 0.1) is 5.69 Å². The normalized spacial score (nSPS) is 23.9. The zero-order valence-corrected chi connectivity index (χ0v) is 11.5. The second-order valence-electron chi connectivity index (χ2n) is 5.26. The molecule has 0 spiro atoms. The Balaban J connectivity index is 2.09. The van der Waals surface area contributed by atoms with E-state index in [1.54, 1.807) is 6.92 Å². The number of rotatable bonds is 3. The summed E-state index contributed by atoms with van der Waals surface area (Å²) in [6, 6.07) is 0.297. The molecule has 2 atom stereocenters. The van der Waals surface area contributed by atoms with Crippen molar-refractivity contribution in [2.45, 2.75) is 58.9 Å². The van der Waals surface area contributed by atoms with Crippen molar-refractivity contribution in [2.24, 2.45) is 5.92 Å². The molecule has 4 nitrogen and oxygen atoms in total. The van der Waals surface area contributed by atoms with Gasteiger partial charge in [0.1, 0.15) is 11.3 Å². The molecule has 18 heavy (non-hydrogen) atoms. The lowest BCUT2D eigenvalue weighted by atomic mass is 9.86. The summed E-state index contributed by atoms with van der Waals surface area (Å²) in [5.74, 6) is 1.16. The van der Waals surface area contributed by atoms with Gasteiger partial charge in [0.15, 0.2) is 0 Å². The number of hydrogen-bond donors (Lipinski definition) is 1. The largest absolute Gasteiger partial charge is 0.361 e. The van der Waals surface area contributed by atoms with E-state index < -0.39 is 0 Å². The van der Waals surface area contributed by atoms with Crippen LogP contribution in [0.1, 0.15) is 61.3 Å². The highest BCUT2D eigenvalue weighted by molar-refractivity contribution is 5.96. The fraction of sp³-hybridized carbons (Fsp3) is 0.714. The molecule has 0 aliphatic heterocycles. The van der Waals surface area contributed by atoms with E-state index in [1.165, 1.54) is 19.3 Å². The Morgan fingerprint density at radius 2 is 2.17 bits per heavy atom. The van der Waals surface area contributed by atoms with Gasteiger partial charge in [-0.1, -0.05) is 31.8 Å². The van der Waals surface area contributed by atoms with Crippen LogP contribution in [0.25, 0.3) is 0 Å². The minimum absolute atomic E-state index is 0.0238. The second-order valence-corrected chi connectivity index (χ2v) is 5.26. The SMILES string of the molecule is CCc1noc(C)c1C(=O)N[C@@H]1CCCC[C@H]1C. The summed E-state index contributed by atoms with van der Waals surface area (Å²) >= 11 is 0. The molecule has 1 aliphatic rings. The number of hydrogen-bond acceptors (Lipinski definition) is 3. The zero-order chi connectivity index (χ0) is 13.1. The molecular weight excluding hydrogens is 228 g/mol. The molecule has 1 fully saturated rings. The van der Waals surface area contributed by atoms with Gasteiger partial charge in [-0.25, -0.2) is 0 Å². The minimum Gasteiger partial charge on any atom is -0.361 e. The number of aryl methyl sites for hydroxylation is 2. The summed E-state index contributed by atoms with van der Waals surface area (Å²) in [5.41, 5.74) is 1.39. The second kappa shape index (κ2) is 5.55. The maximum Gasteiger partial charge on any atom is 0.257 e. The van der Waals surface area contributed by atoms with Crippen LogP contribution >= 0.6 is 0 Å². The predicted molar refractivity (Wildman–Crippen MR) is 69.5 cm³/mol. The van der Waals surface area contributed by atoms with Gasteiger partial charge in [-0.15, -0.1) is 0 Å². The van der Waals surface area contributed by atoms with Crippen molar-refractivity contribution in [3.05, 3.63) is 17.0 Å². The van der Waals surface area contributed by atoms with Crippen molar-refractivity contribution < 1.29 is 9.32 Å². The Morgan fingerprint density at radius 3 is 2.83 bits per heavy atom. The maximum absolute atomic E-state index is 12.3. The number of nitrogens with zero attached hydrogens (tertiary/aromatic N) is 1. The van der Waals surface area contributed by atoms with Crippen LogP contribution < -0.4 is 5.32 Å². The van der Waals surface area contributed by atoms with Gasteiger partial charge in [0, 0.05) is 6.04 Å². The first-order valence-electron chi connectivity index (χ1n) is 6.89. The molecule has 0 bridgehead atoms. The van der Waals surface area contributed by atoms with Gasteiger partial charge >= 0.3 is 0 Å². The molecule has 0 unspecified atom stereocenters. The molecule has 1 amide bonds. The van der Waals surface area contributed by atoms with Gasteiger partial charge in [-0.2, -0.15) is 0 Å². The molecule has 1 saturated carbocycles. The van der Waals surface area contributed by atoms with E-state index in [2.05, 4.69) is 17.4 Å². The van der Waals surface area contributed by atoms with Crippen molar-refractivity contribution in [3.8, 4) is 0 Å². The molecule has 1 aliphatic carbocycles. The quantitative estimate of drug-likeness (QED) is 0.897. The summed E-state index contributed by atoms with van der Waals surface area (Å²) in [5, 5.41) is 7.08. The van der Waals surface area contributed by atoms with Gasteiger partial charge in [0.25, 0.3) is 5.91 Å². The lowest BCUT2D eigenvalue weighted by Gasteiger charge is -2.29. The number of carbonyl (C=O) groups excluding carboxylic acids is 1. The monoisotopic (exact) mass is 250 g/mol. The van der Waals surface area contributed by atoms with E-state index in [0.717, 1.165) is 18.5 Å². The van der Waals surface area contributed by atoms with E-state index in [9.17, 15) is 4.79 Å². The topological polar surface area (TPSA) is 55.1 Å². The van der Waals surface area contributed by atoms with E-state index in [4.69, 9.17) is 4.52 Å². The average molecular weight is 250 g/mol. The molecular formula is C14H22N2O2. The lowest BCUT2D eigenvalue weighted by Crippen LogP contribution is -2.41. The van der Waals surface area contributed by atoms with E-state index in [0.29, 0.717) is 23.3 Å². The average Bonchev–Trinajstić information content (AvgIpc) is 2.73. The standard InChI is InChI=1S/C14H22N2O2/c1-4-11-13(10(3)18-16-11)14(17)15-12-8-6-5-7-9(12)2/h9,12H,4-8H2,1-3H3,(H,15,17)/t9-,12-/m1/s1. The molecule has 1 N–H and O–H groups in total. The molecule has 1 aromatic rings. The fourth-order valence-corrected chi connectivity index (χ4v) is 2.72. The third-order valence-corrected chi connectivity index (χ3v) is 3.92.